The highest BCUT2D eigenvalue weighted by molar-refractivity contribution is 6.32. The van der Waals surface area contributed by atoms with Gasteiger partial charge in [-0.1, -0.05) is 23.7 Å². The summed E-state index contributed by atoms with van der Waals surface area (Å²) >= 11 is 6.04. The van der Waals surface area contributed by atoms with Gasteiger partial charge in [-0.15, -0.1) is 0 Å². The second-order valence-corrected chi connectivity index (χ2v) is 5.75. The van der Waals surface area contributed by atoms with Crippen LogP contribution < -0.4 is 15.4 Å². The van der Waals surface area contributed by atoms with Crippen LogP contribution in [0.5, 0.6) is 5.75 Å². The quantitative estimate of drug-likeness (QED) is 0.671. The molecule has 0 spiro atoms. The first kappa shape index (κ1) is 17.7. The van der Waals surface area contributed by atoms with Crippen molar-refractivity contribution < 1.29 is 13.9 Å². The Morgan fingerprint density at radius 3 is 2.62 bits per heavy atom. The van der Waals surface area contributed by atoms with Gasteiger partial charge in [0.2, 0.25) is 0 Å². The van der Waals surface area contributed by atoms with E-state index in [9.17, 15) is 9.18 Å². The van der Waals surface area contributed by atoms with Crippen molar-refractivity contribution in [2.24, 2.45) is 0 Å². The van der Waals surface area contributed by atoms with E-state index in [1.165, 1.54) is 19.4 Å². The van der Waals surface area contributed by atoms with Crippen LogP contribution in [-0.4, -0.2) is 18.0 Å². The first-order chi connectivity index (χ1) is 12.6. The summed E-state index contributed by atoms with van der Waals surface area (Å²) in [6.45, 7) is 0. The lowest BCUT2D eigenvalue weighted by atomic mass is 10.2. The molecule has 26 heavy (non-hydrogen) atoms. The minimum Gasteiger partial charge on any atom is -0.495 e. The summed E-state index contributed by atoms with van der Waals surface area (Å²) < 4.78 is 18.7. The van der Waals surface area contributed by atoms with Crippen molar-refractivity contribution in [3.63, 3.8) is 0 Å². The maximum atomic E-state index is 13.6. The SMILES string of the molecule is COc1ccc(NC(=O)c2ccc(Nc3ccccc3F)nc2)cc1Cl. The lowest BCUT2D eigenvalue weighted by Crippen LogP contribution is -2.12. The first-order valence-electron chi connectivity index (χ1n) is 7.69. The molecule has 0 saturated heterocycles. The second kappa shape index (κ2) is 7.84. The first-order valence-corrected chi connectivity index (χ1v) is 8.07. The third kappa shape index (κ3) is 4.10. The molecule has 2 aromatic carbocycles. The Bertz CT molecular complexity index is 932. The minimum absolute atomic E-state index is 0.310. The normalized spacial score (nSPS) is 10.3. The molecular formula is C19H15ClFN3O2. The molecule has 132 valence electrons. The average Bonchev–Trinajstić information content (AvgIpc) is 2.64. The number of halogens is 2. The van der Waals surface area contributed by atoms with Crippen molar-refractivity contribution in [2.75, 3.05) is 17.7 Å². The van der Waals surface area contributed by atoms with E-state index in [0.29, 0.717) is 33.5 Å². The molecule has 0 bridgehead atoms. The van der Waals surface area contributed by atoms with Crippen molar-refractivity contribution in [3.8, 4) is 5.75 Å². The number of methoxy groups -OCH3 is 1. The lowest BCUT2D eigenvalue weighted by molar-refractivity contribution is 0.102. The smallest absolute Gasteiger partial charge is 0.257 e. The summed E-state index contributed by atoms with van der Waals surface area (Å²) in [4.78, 5) is 16.4. The molecule has 0 aliphatic heterocycles. The van der Waals surface area contributed by atoms with Gasteiger partial charge in [-0.05, 0) is 42.5 Å². The molecule has 3 rings (SSSR count). The Balaban J connectivity index is 1.69. The Kier molecular flexibility index (Phi) is 5.34. The molecule has 0 aliphatic rings. The lowest BCUT2D eigenvalue weighted by Gasteiger charge is -2.09. The number of ether oxygens (including phenoxy) is 1. The predicted octanol–water partition coefficient (Wildman–Crippen LogP) is 4.88. The fraction of sp³-hybridized carbons (Fsp3) is 0.0526. The molecular weight excluding hydrogens is 357 g/mol. The van der Waals surface area contributed by atoms with Crippen LogP contribution in [0, 0.1) is 5.82 Å². The maximum Gasteiger partial charge on any atom is 0.257 e. The van der Waals surface area contributed by atoms with Crippen molar-refractivity contribution in [1.29, 1.82) is 0 Å². The van der Waals surface area contributed by atoms with E-state index in [2.05, 4.69) is 15.6 Å². The molecule has 5 nitrogen and oxygen atoms in total. The third-order valence-electron chi connectivity index (χ3n) is 3.57. The molecule has 1 heterocycles. The van der Waals surface area contributed by atoms with Crippen LogP contribution in [0.15, 0.2) is 60.8 Å². The van der Waals surface area contributed by atoms with Gasteiger partial charge in [-0.2, -0.15) is 0 Å². The van der Waals surface area contributed by atoms with E-state index in [1.807, 2.05) is 0 Å². The molecule has 0 fully saturated rings. The van der Waals surface area contributed by atoms with Crippen LogP contribution in [0.25, 0.3) is 0 Å². The second-order valence-electron chi connectivity index (χ2n) is 5.34. The van der Waals surface area contributed by atoms with Crippen LogP contribution in [0.2, 0.25) is 5.02 Å². The van der Waals surface area contributed by atoms with Gasteiger partial charge in [0.1, 0.15) is 17.4 Å². The van der Waals surface area contributed by atoms with Crippen LogP contribution in [0.4, 0.5) is 21.6 Å². The highest BCUT2D eigenvalue weighted by Gasteiger charge is 2.09. The fourth-order valence-corrected chi connectivity index (χ4v) is 2.51. The van der Waals surface area contributed by atoms with Crippen molar-refractivity contribution >= 4 is 34.7 Å². The molecule has 0 saturated carbocycles. The van der Waals surface area contributed by atoms with Crippen LogP contribution >= 0.6 is 11.6 Å². The predicted molar refractivity (Wildman–Crippen MR) is 99.9 cm³/mol. The van der Waals surface area contributed by atoms with E-state index in [1.54, 1.807) is 48.5 Å². The van der Waals surface area contributed by atoms with Gasteiger partial charge in [-0.25, -0.2) is 9.37 Å². The Labute approximate surface area is 154 Å². The number of rotatable bonds is 5. The molecule has 3 aromatic rings. The number of pyridine rings is 1. The number of anilines is 3. The number of nitrogens with zero attached hydrogens (tertiary/aromatic N) is 1. The zero-order valence-electron chi connectivity index (χ0n) is 13.8. The van der Waals surface area contributed by atoms with Crippen molar-refractivity contribution in [3.05, 3.63) is 77.2 Å². The number of hydrogen-bond acceptors (Lipinski definition) is 4. The van der Waals surface area contributed by atoms with Crippen LogP contribution in [-0.2, 0) is 0 Å². The topological polar surface area (TPSA) is 63.2 Å². The summed E-state index contributed by atoms with van der Waals surface area (Å²) in [5.74, 6) is 0.234. The molecule has 2 N–H and O–H groups in total. The van der Waals surface area contributed by atoms with E-state index in [4.69, 9.17) is 16.3 Å². The third-order valence-corrected chi connectivity index (χ3v) is 3.87. The van der Waals surface area contributed by atoms with E-state index < -0.39 is 0 Å². The summed E-state index contributed by atoms with van der Waals surface area (Å²) in [5, 5.41) is 5.98. The van der Waals surface area contributed by atoms with E-state index in [-0.39, 0.29) is 11.7 Å². The summed E-state index contributed by atoms with van der Waals surface area (Å²) in [7, 11) is 1.52. The largest absolute Gasteiger partial charge is 0.495 e. The number of benzene rings is 2. The molecule has 1 aromatic heterocycles. The van der Waals surface area contributed by atoms with Gasteiger partial charge < -0.3 is 15.4 Å². The van der Waals surface area contributed by atoms with Crippen molar-refractivity contribution in [2.45, 2.75) is 0 Å². The van der Waals surface area contributed by atoms with Crippen LogP contribution in [0.3, 0.4) is 0 Å². The fourth-order valence-electron chi connectivity index (χ4n) is 2.25. The zero-order chi connectivity index (χ0) is 18.5. The number of hydrogen-bond donors (Lipinski definition) is 2. The van der Waals surface area contributed by atoms with E-state index in [0.717, 1.165) is 0 Å². The monoisotopic (exact) mass is 371 g/mol. The van der Waals surface area contributed by atoms with Gasteiger partial charge in [0.15, 0.2) is 0 Å². The summed E-state index contributed by atoms with van der Waals surface area (Å²) in [6, 6.07) is 14.4. The maximum absolute atomic E-state index is 13.6. The standard InChI is InChI=1S/C19H15ClFN3O2/c1-26-17-8-7-13(10-14(17)20)23-19(25)12-6-9-18(22-11-12)24-16-5-3-2-4-15(16)21/h2-11H,1H3,(H,22,24)(H,23,25). The highest BCUT2D eigenvalue weighted by atomic mass is 35.5. The van der Waals surface area contributed by atoms with Crippen LogP contribution in [0.1, 0.15) is 10.4 Å². The van der Waals surface area contributed by atoms with Gasteiger partial charge in [0, 0.05) is 11.9 Å². The van der Waals surface area contributed by atoms with E-state index >= 15 is 0 Å². The zero-order valence-corrected chi connectivity index (χ0v) is 14.5. The van der Waals surface area contributed by atoms with Crippen molar-refractivity contribution in [1.82, 2.24) is 4.98 Å². The Morgan fingerprint density at radius 1 is 1.15 bits per heavy atom. The van der Waals surface area contributed by atoms with Gasteiger partial charge in [-0.3, -0.25) is 4.79 Å². The molecule has 0 aliphatic carbocycles. The summed E-state index contributed by atoms with van der Waals surface area (Å²) in [5.41, 5.74) is 1.20. The molecule has 0 unspecified atom stereocenters. The van der Waals surface area contributed by atoms with Gasteiger partial charge in [0.05, 0.1) is 23.4 Å². The number of aromatic nitrogens is 1. The molecule has 7 heteroatoms. The number of carbonyl (C=O) groups excluding carboxylic acids is 1. The van der Waals surface area contributed by atoms with Gasteiger partial charge in [0.25, 0.3) is 5.91 Å². The Morgan fingerprint density at radius 2 is 1.96 bits per heavy atom. The number of nitrogens with one attached hydrogen (secondary N) is 2. The highest BCUT2D eigenvalue weighted by Crippen LogP contribution is 2.27. The summed E-state index contributed by atoms with van der Waals surface area (Å²) in [6.07, 6.45) is 1.41. The van der Waals surface area contributed by atoms with Gasteiger partial charge >= 0.3 is 0 Å². The molecule has 0 radical (unpaired) electrons. The minimum atomic E-state index is -0.382. The number of para-hydroxylation sites is 1. The number of amides is 1. The Hall–Kier alpha value is -3.12. The molecule has 0 atom stereocenters. The molecule has 1 amide bonds. The average molecular weight is 372 g/mol. The number of carbonyl (C=O) groups is 1.